The molecule has 0 aromatic heterocycles. The molecule has 0 unspecified atom stereocenters. The fraction of sp³-hybridized carbons (Fsp3) is 0.438. The molecule has 0 spiro atoms. The second-order valence-electron chi connectivity index (χ2n) is 11.2. The number of phenols is 2. The molecule has 0 aliphatic carbocycles. The Balaban J connectivity index is 0. The Hall–Kier alpha value is -2.01. The number of aromatic hydroxyl groups is 2. The maximum absolute atomic E-state index is 10.2. The number of hydrogen-bond donors (Lipinski definition) is 3. The van der Waals surface area contributed by atoms with Crippen LogP contribution in [0.3, 0.4) is 0 Å². The fourth-order valence-corrected chi connectivity index (χ4v) is 3.72. The minimum atomic E-state index is -0.0694. The number of halogens is 1. The van der Waals surface area contributed by atoms with Gasteiger partial charge >= 0.3 is 17.1 Å². The molecule has 0 aliphatic heterocycles. The van der Waals surface area contributed by atoms with Crippen molar-refractivity contribution >= 4 is 12.4 Å². The van der Waals surface area contributed by atoms with E-state index in [-0.39, 0.29) is 52.6 Å². The molecule has 0 fully saturated rings. The number of phenolic OH excluding ortho intramolecular Hbond substituents is 2. The topological polar surface area (TPSA) is 76.3 Å². The standard InChI is InChI=1S/C14H23NO.C12H18NO.C6H5.ClH.Mn/c1-6-15-9-11-7-10(2)8-12(13(11)16)14(3,4)5;1-8-5-9(7-13)11(14)10(6-8)12(2,3)4;1-2-4-6-5-3-1;;/h7-8,15-16H,6,9H2,1-5H3;5-6,13-14H,7H2,1-4H3;1-5H;1H;/q;2*-1;;+2. The van der Waals surface area contributed by atoms with Gasteiger partial charge in [0.25, 0.3) is 0 Å². The van der Waals surface area contributed by atoms with Gasteiger partial charge in [-0.15, -0.1) is 19.0 Å². The molecule has 4 nitrogen and oxygen atoms in total. The number of rotatable bonds is 4. The first-order chi connectivity index (χ1) is 16.7. The largest absolute Gasteiger partial charge is 2.00 e. The van der Waals surface area contributed by atoms with Crippen molar-refractivity contribution in [1.82, 2.24) is 5.32 Å². The summed E-state index contributed by atoms with van der Waals surface area (Å²) in [6.45, 7) is 20.5. The van der Waals surface area contributed by atoms with E-state index in [0.29, 0.717) is 5.75 Å². The third kappa shape index (κ3) is 12.7. The Morgan fingerprint density at radius 1 is 0.763 bits per heavy atom. The van der Waals surface area contributed by atoms with Gasteiger partial charge in [-0.1, -0.05) is 83.9 Å². The maximum Gasteiger partial charge on any atom is 2.00 e. The van der Waals surface area contributed by atoms with Crippen LogP contribution < -0.4 is 5.32 Å². The minimum Gasteiger partial charge on any atom is -0.674 e. The van der Waals surface area contributed by atoms with E-state index >= 15 is 0 Å². The van der Waals surface area contributed by atoms with Crippen LogP contribution in [0.15, 0.2) is 54.6 Å². The van der Waals surface area contributed by atoms with Crippen molar-refractivity contribution in [3.63, 3.8) is 0 Å². The van der Waals surface area contributed by atoms with Crippen LogP contribution >= 0.6 is 12.4 Å². The fourth-order valence-electron chi connectivity index (χ4n) is 3.72. The van der Waals surface area contributed by atoms with E-state index in [9.17, 15) is 10.2 Å². The Bertz CT molecular complexity index is 1050. The van der Waals surface area contributed by atoms with Gasteiger partial charge in [0.2, 0.25) is 0 Å². The average molecular weight is 582 g/mol. The quantitative estimate of drug-likeness (QED) is 0.213. The van der Waals surface area contributed by atoms with E-state index in [1.165, 1.54) is 5.56 Å². The summed E-state index contributed by atoms with van der Waals surface area (Å²) in [5.74, 6) is 0.733. The van der Waals surface area contributed by atoms with Crippen LogP contribution in [0.4, 0.5) is 0 Å². The van der Waals surface area contributed by atoms with Crippen LogP contribution in [0, 0.1) is 19.9 Å². The summed E-state index contributed by atoms with van der Waals surface area (Å²) in [6, 6.07) is 20.5. The van der Waals surface area contributed by atoms with Gasteiger partial charge in [-0.25, -0.2) is 0 Å². The van der Waals surface area contributed by atoms with Crippen LogP contribution in [0.1, 0.15) is 81.8 Å². The number of nitrogens with one attached hydrogen (secondary N) is 2. The number of aryl methyl sites for hydroxylation is 2. The van der Waals surface area contributed by atoms with Crippen molar-refractivity contribution in [2.24, 2.45) is 0 Å². The summed E-state index contributed by atoms with van der Waals surface area (Å²) in [4.78, 5) is 0. The molecule has 0 heterocycles. The number of hydrogen-bond acceptors (Lipinski definition) is 3. The van der Waals surface area contributed by atoms with Crippen molar-refractivity contribution in [2.75, 3.05) is 6.54 Å². The van der Waals surface area contributed by atoms with E-state index in [2.05, 4.69) is 72.8 Å². The zero-order valence-corrected chi connectivity index (χ0v) is 26.5. The van der Waals surface area contributed by atoms with E-state index in [1.807, 2.05) is 55.5 Å². The molecule has 4 N–H and O–H groups in total. The van der Waals surface area contributed by atoms with Crippen LogP contribution in [-0.4, -0.2) is 16.8 Å². The normalized spacial score (nSPS) is 10.6. The molecule has 3 aromatic carbocycles. The van der Waals surface area contributed by atoms with Crippen LogP contribution in [-0.2, 0) is 41.0 Å². The van der Waals surface area contributed by atoms with Gasteiger partial charge in [-0.05, 0) is 47.9 Å². The molecule has 211 valence electrons. The van der Waals surface area contributed by atoms with Gasteiger partial charge in [-0.3, -0.25) is 0 Å². The summed E-state index contributed by atoms with van der Waals surface area (Å²) >= 11 is 0. The predicted molar refractivity (Wildman–Crippen MR) is 161 cm³/mol. The first kappa shape index (κ1) is 38.1. The van der Waals surface area contributed by atoms with Gasteiger partial charge in [0.05, 0.1) is 0 Å². The molecule has 0 saturated heterocycles. The molecule has 0 atom stereocenters. The number of benzene rings is 3. The molecule has 0 amide bonds. The Morgan fingerprint density at radius 2 is 1.18 bits per heavy atom. The van der Waals surface area contributed by atoms with Gasteiger partial charge < -0.3 is 21.3 Å². The van der Waals surface area contributed by atoms with E-state index < -0.39 is 0 Å². The summed E-state index contributed by atoms with van der Waals surface area (Å²) in [7, 11) is 0. The van der Waals surface area contributed by atoms with Crippen molar-refractivity contribution in [3.05, 3.63) is 99.8 Å². The van der Waals surface area contributed by atoms with E-state index in [0.717, 1.165) is 40.9 Å². The van der Waals surface area contributed by atoms with Crippen molar-refractivity contribution in [3.8, 4) is 11.5 Å². The molecule has 1 radical (unpaired) electrons. The third-order valence-corrected chi connectivity index (χ3v) is 5.65. The molecule has 0 bridgehead atoms. The van der Waals surface area contributed by atoms with Gasteiger partial charge in [-0.2, -0.15) is 36.4 Å². The SMILES string of the molecule is CCNCc1cc(C)cc(C(C)(C)C)c1O.Cc1cc(C[NH-])c(O)c(C(C)(C)C)c1.Cl.[Mn+2].[c-]1ccccc1. The first-order valence-electron chi connectivity index (χ1n) is 12.6. The molecule has 38 heavy (non-hydrogen) atoms. The van der Waals surface area contributed by atoms with Crippen molar-refractivity contribution < 1.29 is 27.3 Å². The van der Waals surface area contributed by atoms with Crippen LogP contribution in [0.25, 0.3) is 5.73 Å². The van der Waals surface area contributed by atoms with E-state index in [4.69, 9.17) is 5.73 Å². The van der Waals surface area contributed by atoms with Gasteiger partial charge in [0.15, 0.2) is 0 Å². The Kier molecular flexibility index (Phi) is 17.6. The molecule has 0 aliphatic rings. The first-order valence-corrected chi connectivity index (χ1v) is 12.6. The molecular weight excluding hydrogens is 535 g/mol. The van der Waals surface area contributed by atoms with Gasteiger partial charge in [0, 0.05) is 12.1 Å². The smallest absolute Gasteiger partial charge is 0.674 e. The second-order valence-corrected chi connectivity index (χ2v) is 11.2. The second kappa shape index (κ2) is 17.6. The molecule has 3 rings (SSSR count). The Morgan fingerprint density at radius 3 is 1.50 bits per heavy atom. The predicted octanol–water partition coefficient (Wildman–Crippen LogP) is 8.56. The Labute approximate surface area is 248 Å². The maximum atomic E-state index is 10.2. The zero-order valence-electron chi connectivity index (χ0n) is 24.5. The molecular formula is C32H47ClMnN2O2. The molecule has 3 aromatic rings. The third-order valence-electron chi connectivity index (χ3n) is 5.65. The monoisotopic (exact) mass is 581 g/mol. The van der Waals surface area contributed by atoms with Crippen LogP contribution in [0.5, 0.6) is 11.5 Å². The summed E-state index contributed by atoms with van der Waals surface area (Å²) in [5.41, 5.74) is 13.2. The average Bonchev–Trinajstić information content (AvgIpc) is 2.81. The van der Waals surface area contributed by atoms with Crippen molar-refractivity contribution in [2.45, 2.75) is 86.2 Å². The van der Waals surface area contributed by atoms with Crippen LogP contribution in [0.2, 0.25) is 0 Å². The summed E-state index contributed by atoms with van der Waals surface area (Å²) in [6.07, 6.45) is 0. The van der Waals surface area contributed by atoms with Gasteiger partial charge in [0.1, 0.15) is 11.5 Å². The van der Waals surface area contributed by atoms with E-state index in [1.54, 1.807) is 0 Å². The minimum absolute atomic E-state index is 0. The summed E-state index contributed by atoms with van der Waals surface area (Å²) in [5, 5.41) is 23.4. The molecule has 6 heteroatoms. The molecule has 0 saturated carbocycles. The summed E-state index contributed by atoms with van der Waals surface area (Å²) < 4.78 is 0. The zero-order chi connectivity index (χ0) is 27.5. The van der Waals surface area contributed by atoms with Crippen molar-refractivity contribution in [1.29, 1.82) is 0 Å².